The van der Waals surface area contributed by atoms with E-state index in [0.717, 1.165) is 4.88 Å². The molecule has 17 heteroatoms. The van der Waals surface area contributed by atoms with Crippen molar-refractivity contribution in [1.29, 1.82) is 0 Å². The van der Waals surface area contributed by atoms with Crippen LogP contribution in [0.2, 0.25) is 0 Å². The molecule has 0 saturated carbocycles. The van der Waals surface area contributed by atoms with Gasteiger partial charge in [0.2, 0.25) is 35.4 Å². The van der Waals surface area contributed by atoms with E-state index in [4.69, 9.17) is 10.5 Å². The number of fused-ring (bicyclic) bond motifs is 2. The zero-order valence-corrected chi connectivity index (χ0v) is 28.1. The molecule has 6 amide bonds. The predicted octanol–water partition coefficient (Wildman–Crippen LogP) is -0.624. The minimum Gasteiger partial charge on any atom is -0.372 e. The topological polar surface area (TPSA) is 220 Å². The van der Waals surface area contributed by atoms with Gasteiger partial charge in [0.25, 0.3) is 0 Å². The summed E-state index contributed by atoms with van der Waals surface area (Å²) in [5.74, 6) is -3.18. The molecule has 6 N–H and O–H groups in total. The van der Waals surface area contributed by atoms with E-state index in [9.17, 15) is 28.8 Å². The second-order valence-electron chi connectivity index (χ2n) is 12.4. The standard InChI is InChI=1S/C31H45N9O7S/c1-19(2)13-22(28(32)43)35-30(45)24-18-47-17-20-15-34-38-40(20)11-4-3-9-26(41)33-16-27(42)39-10-5-8-25(39)31(46)36-23(29(44)37-24)14-21-7-6-12-48-21/h6-7,12,15,19,22-25H,3-5,8-11,13-14,16-18H2,1-2H3,(H2,32,43)(H,33,41)(H,35,45)(H,36,46)(H,37,44)/t22-,23-,24-,25-/m0/s1. The maximum absolute atomic E-state index is 13.9. The number of aryl methyl sites for hydroxylation is 1. The third kappa shape index (κ3) is 10.6. The van der Waals surface area contributed by atoms with E-state index >= 15 is 0 Å². The third-order valence-corrected chi connectivity index (χ3v) is 9.09. The van der Waals surface area contributed by atoms with Crippen molar-refractivity contribution in [1.82, 2.24) is 41.2 Å². The monoisotopic (exact) mass is 687 g/mol. The maximum Gasteiger partial charge on any atom is 0.245 e. The van der Waals surface area contributed by atoms with Crippen molar-refractivity contribution >= 4 is 46.8 Å². The van der Waals surface area contributed by atoms with E-state index in [2.05, 4.69) is 31.6 Å². The molecule has 2 aliphatic rings. The summed E-state index contributed by atoms with van der Waals surface area (Å²) < 4.78 is 7.51. The summed E-state index contributed by atoms with van der Waals surface area (Å²) >= 11 is 1.40. The molecule has 4 rings (SSSR count). The molecule has 2 aromatic rings. The highest BCUT2D eigenvalue weighted by molar-refractivity contribution is 7.09. The maximum atomic E-state index is 13.9. The van der Waals surface area contributed by atoms with E-state index in [0.29, 0.717) is 50.9 Å². The lowest BCUT2D eigenvalue weighted by Gasteiger charge is -2.28. The highest BCUT2D eigenvalue weighted by Gasteiger charge is 2.37. The van der Waals surface area contributed by atoms with Crippen LogP contribution in [0.15, 0.2) is 23.7 Å². The molecule has 0 unspecified atom stereocenters. The van der Waals surface area contributed by atoms with Crippen LogP contribution in [0.1, 0.15) is 62.9 Å². The van der Waals surface area contributed by atoms with Gasteiger partial charge in [0.1, 0.15) is 24.2 Å². The summed E-state index contributed by atoms with van der Waals surface area (Å²) in [6.07, 6.45) is 4.26. The van der Waals surface area contributed by atoms with E-state index in [1.54, 1.807) is 4.68 Å². The number of nitrogens with zero attached hydrogens (tertiary/aromatic N) is 4. The largest absolute Gasteiger partial charge is 0.372 e. The normalized spacial score (nSPS) is 22.8. The van der Waals surface area contributed by atoms with E-state index in [-0.39, 0.29) is 44.4 Å². The number of rotatable bonds is 7. The molecule has 4 heterocycles. The fraction of sp³-hybridized carbons (Fsp3) is 0.613. The Bertz CT molecular complexity index is 1430. The second-order valence-corrected chi connectivity index (χ2v) is 13.5. The Kier molecular flexibility index (Phi) is 13.4. The van der Waals surface area contributed by atoms with Crippen molar-refractivity contribution in [3.8, 4) is 0 Å². The first-order valence-corrected chi connectivity index (χ1v) is 17.1. The van der Waals surface area contributed by atoms with Gasteiger partial charge in [0, 0.05) is 30.8 Å². The lowest BCUT2D eigenvalue weighted by molar-refractivity contribution is -0.140. The molecule has 0 aliphatic carbocycles. The highest BCUT2D eigenvalue weighted by Crippen LogP contribution is 2.19. The van der Waals surface area contributed by atoms with Gasteiger partial charge in [0.15, 0.2) is 0 Å². The summed E-state index contributed by atoms with van der Waals surface area (Å²) in [5, 5.41) is 20.7. The molecule has 16 nitrogen and oxygen atoms in total. The van der Waals surface area contributed by atoms with Crippen LogP contribution >= 0.6 is 11.3 Å². The van der Waals surface area contributed by atoms with Gasteiger partial charge < -0.3 is 36.6 Å². The molecule has 1 fully saturated rings. The highest BCUT2D eigenvalue weighted by atomic mass is 32.1. The predicted molar refractivity (Wildman–Crippen MR) is 174 cm³/mol. The smallest absolute Gasteiger partial charge is 0.245 e. The molecule has 1 saturated heterocycles. The van der Waals surface area contributed by atoms with E-state index < -0.39 is 53.7 Å². The zero-order valence-electron chi connectivity index (χ0n) is 27.3. The van der Waals surface area contributed by atoms with Gasteiger partial charge in [-0.2, -0.15) is 0 Å². The van der Waals surface area contributed by atoms with Crippen molar-refractivity contribution in [3.05, 3.63) is 34.3 Å². The lowest BCUT2D eigenvalue weighted by Crippen LogP contribution is -2.59. The summed E-state index contributed by atoms with van der Waals surface area (Å²) in [7, 11) is 0. The SMILES string of the molecule is CC(C)C[C@H](NC(=O)[C@@H]1COCc2cnnn2CCCCC(=O)NCC(=O)N2CCC[C@H]2C(=O)N[C@@H](Cc2cccs2)C(=O)N1)C(N)=O. The molecule has 0 spiro atoms. The van der Waals surface area contributed by atoms with Crippen LogP contribution in [-0.2, 0) is 53.1 Å². The quantitative estimate of drug-likeness (QED) is 0.250. The average Bonchev–Trinajstić information content (AvgIpc) is 3.83. The first-order chi connectivity index (χ1) is 23.0. The third-order valence-electron chi connectivity index (χ3n) is 8.19. The van der Waals surface area contributed by atoms with Gasteiger partial charge in [0.05, 0.1) is 31.6 Å². The number of hydrogen-bond donors (Lipinski definition) is 5. The number of aromatic nitrogens is 3. The molecule has 48 heavy (non-hydrogen) atoms. The van der Waals surface area contributed by atoms with Crippen molar-refractivity contribution in [3.63, 3.8) is 0 Å². The Balaban J connectivity index is 1.60. The number of primary amides is 1. The fourth-order valence-corrected chi connectivity index (χ4v) is 6.41. The molecular weight excluding hydrogens is 642 g/mol. The van der Waals surface area contributed by atoms with Gasteiger partial charge in [-0.05, 0) is 49.5 Å². The van der Waals surface area contributed by atoms with Crippen LogP contribution in [0.4, 0.5) is 0 Å². The Morgan fingerprint density at radius 3 is 2.67 bits per heavy atom. The second kappa shape index (κ2) is 17.7. The number of ether oxygens (including phenoxy) is 1. The van der Waals surface area contributed by atoms with Crippen molar-refractivity contribution < 1.29 is 33.5 Å². The number of thiophene rings is 1. The van der Waals surface area contributed by atoms with Crippen molar-refractivity contribution in [2.45, 2.75) is 96.1 Å². The number of carbonyl (C=O) groups is 6. The number of hydrogen-bond acceptors (Lipinski definition) is 10. The van der Waals surface area contributed by atoms with Gasteiger partial charge in [-0.15, -0.1) is 16.4 Å². The lowest BCUT2D eigenvalue weighted by atomic mass is 10.0. The molecule has 0 bridgehead atoms. The first-order valence-electron chi connectivity index (χ1n) is 16.3. The zero-order chi connectivity index (χ0) is 34.6. The minimum atomic E-state index is -1.26. The molecule has 2 aromatic heterocycles. The Labute approximate surface area is 282 Å². The summed E-state index contributed by atoms with van der Waals surface area (Å²) in [6.45, 7) is 4.05. The number of amides is 6. The summed E-state index contributed by atoms with van der Waals surface area (Å²) in [5.41, 5.74) is 6.18. The average molecular weight is 688 g/mol. The van der Waals surface area contributed by atoms with Crippen molar-refractivity contribution in [2.75, 3.05) is 19.7 Å². The Morgan fingerprint density at radius 2 is 1.94 bits per heavy atom. The van der Waals surface area contributed by atoms with Crippen LogP contribution in [0.5, 0.6) is 0 Å². The molecule has 2 aliphatic heterocycles. The van der Waals surface area contributed by atoms with Crippen LogP contribution in [0.25, 0.3) is 0 Å². The number of carbonyl (C=O) groups excluding carboxylic acids is 6. The fourth-order valence-electron chi connectivity index (χ4n) is 5.66. The Morgan fingerprint density at radius 1 is 1.12 bits per heavy atom. The van der Waals surface area contributed by atoms with Gasteiger partial charge in [-0.25, -0.2) is 4.68 Å². The van der Waals surface area contributed by atoms with Crippen molar-refractivity contribution in [2.24, 2.45) is 11.7 Å². The van der Waals surface area contributed by atoms with Gasteiger partial charge in [-0.1, -0.05) is 25.1 Å². The van der Waals surface area contributed by atoms with Crippen LogP contribution in [0, 0.1) is 5.92 Å². The molecule has 0 radical (unpaired) electrons. The van der Waals surface area contributed by atoms with Crippen LogP contribution < -0.4 is 27.0 Å². The molecular formula is C31H45N9O7S. The molecule has 262 valence electrons. The van der Waals surface area contributed by atoms with E-state index in [1.165, 1.54) is 22.4 Å². The minimum absolute atomic E-state index is 0.00731. The molecule has 4 atom stereocenters. The first kappa shape index (κ1) is 36.5. The number of nitrogens with two attached hydrogens (primary N) is 1. The van der Waals surface area contributed by atoms with Gasteiger partial charge in [-0.3, -0.25) is 28.8 Å². The molecule has 0 aromatic carbocycles. The van der Waals surface area contributed by atoms with Crippen LogP contribution in [0.3, 0.4) is 0 Å². The summed E-state index contributed by atoms with van der Waals surface area (Å²) in [6, 6.07) is -0.514. The Hall–Kier alpha value is -4.38. The van der Waals surface area contributed by atoms with Crippen LogP contribution in [-0.4, -0.2) is 99.2 Å². The summed E-state index contributed by atoms with van der Waals surface area (Å²) in [4.78, 5) is 80.9. The van der Waals surface area contributed by atoms with E-state index in [1.807, 2.05) is 31.4 Å². The van der Waals surface area contributed by atoms with Gasteiger partial charge >= 0.3 is 0 Å². The number of nitrogens with one attached hydrogen (secondary N) is 4.